The van der Waals surface area contributed by atoms with E-state index in [1.54, 1.807) is 11.0 Å². The Balaban J connectivity index is 2.20. The van der Waals surface area contributed by atoms with Crippen LogP contribution in [0.4, 0.5) is 16.2 Å². The Morgan fingerprint density at radius 1 is 1.57 bits per heavy atom. The van der Waals surface area contributed by atoms with Crippen molar-refractivity contribution in [2.45, 2.75) is 18.6 Å². The quantitative estimate of drug-likeness (QED) is 0.604. The molecule has 1 saturated heterocycles. The van der Waals surface area contributed by atoms with Crippen molar-refractivity contribution in [1.29, 1.82) is 5.26 Å². The first-order valence-corrected chi connectivity index (χ1v) is 6.71. The Hall–Kier alpha value is -2.17. The van der Waals surface area contributed by atoms with Crippen molar-refractivity contribution in [3.8, 4) is 6.07 Å². The summed E-state index contributed by atoms with van der Waals surface area (Å²) in [7, 11) is 0. The summed E-state index contributed by atoms with van der Waals surface area (Å²) in [5, 5.41) is 30.3. The van der Waals surface area contributed by atoms with Gasteiger partial charge in [0.15, 0.2) is 0 Å². The molecule has 0 bridgehead atoms. The lowest BCUT2D eigenvalue weighted by molar-refractivity contribution is 0.108. The molecule has 0 aromatic heterocycles. The fraction of sp³-hybridized carbons (Fsp3) is 0.385. The molecule has 5 N–H and O–H groups in total. The summed E-state index contributed by atoms with van der Waals surface area (Å²) in [6.07, 6.45) is -1.60. The number of benzene rings is 1. The topological polar surface area (TPSA) is 123 Å². The first kappa shape index (κ1) is 15.2. The summed E-state index contributed by atoms with van der Waals surface area (Å²) in [6.45, 7) is 0.703. The van der Waals surface area contributed by atoms with Crippen LogP contribution in [0.5, 0.6) is 0 Å². The second-order valence-electron chi connectivity index (χ2n) is 4.87. The fourth-order valence-corrected chi connectivity index (χ4v) is 2.63. The molecule has 1 aliphatic rings. The van der Waals surface area contributed by atoms with Gasteiger partial charge in [-0.3, -0.25) is 0 Å². The van der Waals surface area contributed by atoms with Gasteiger partial charge in [-0.05, 0) is 18.6 Å². The summed E-state index contributed by atoms with van der Waals surface area (Å²) in [5.74, 6) is 0. The monoisotopic (exact) mass is 310 g/mol. The number of carboxylic acid groups (broad SMARTS) is 1. The molecule has 1 heterocycles. The first-order valence-electron chi connectivity index (χ1n) is 6.34. The molecule has 0 spiro atoms. The molecule has 8 heteroatoms. The Kier molecular flexibility index (Phi) is 4.40. The van der Waals surface area contributed by atoms with E-state index >= 15 is 0 Å². The summed E-state index contributed by atoms with van der Waals surface area (Å²) in [5.41, 5.74) is 7.02. The number of aliphatic hydroxyl groups is 1. The van der Waals surface area contributed by atoms with E-state index in [4.69, 9.17) is 27.7 Å². The van der Waals surface area contributed by atoms with Crippen LogP contribution in [0, 0.1) is 11.3 Å². The zero-order valence-electron chi connectivity index (χ0n) is 11.1. The molecular weight excluding hydrogens is 296 g/mol. The van der Waals surface area contributed by atoms with Gasteiger partial charge >= 0.3 is 6.09 Å². The highest BCUT2D eigenvalue weighted by molar-refractivity contribution is 6.35. The summed E-state index contributed by atoms with van der Waals surface area (Å²) in [4.78, 5) is 12.4. The lowest BCUT2D eigenvalue weighted by Gasteiger charge is -2.37. The molecule has 0 saturated carbocycles. The van der Waals surface area contributed by atoms with E-state index in [2.05, 4.69) is 5.32 Å². The van der Waals surface area contributed by atoms with E-state index in [0.717, 1.165) is 0 Å². The first-order chi connectivity index (χ1) is 9.92. The molecule has 1 aliphatic heterocycles. The normalized spacial score (nSPS) is 21.7. The molecule has 1 aromatic rings. The van der Waals surface area contributed by atoms with Crippen molar-refractivity contribution in [3.05, 3.63) is 22.7 Å². The third kappa shape index (κ3) is 3.29. The van der Waals surface area contributed by atoms with Crippen LogP contribution >= 0.6 is 11.6 Å². The van der Waals surface area contributed by atoms with E-state index < -0.39 is 18.2 Å². The molecule has 2 atom stereocenters. The molecule has 21 heavy (non-hydrogen) atoms. The van der Waals surface area contributed by atoms with Gasteiger partial charge in [0.05, 0.1) is 40.2 Å². The lowest BCUT2D eigenvalue weighted by Crippen LogP contribution is -2.54. The second-order valence-corrected chi connectivity index (χ2v) is 5.25. The smallest absolute Gasteiger partial charge is 0.404 e. The molecule has 1 fully saturated rings. The minimum absolute atomic E-state index is 0.207. The largest absolute Gasteiger partial charge is 0.465 e. The van der Waals surface area contributed by atoms with E-state index in [-0.39, 0.29) is 6.54 Å². The van der Waals surface area contributed by atoms with Crippen LogP contribution in [-0.4, -0.2) is 41.5 Å². The minimum Gasteiger partial charge on any atom is -0.465 e. The molecule has 1 amide bonds. The highest BCUT2D eigenvalue weighted by Crippen LogP contribution is 2.34. The number of halogens is 1. The zero-order valence-corrected chi connectivity index (χ0v) is 11.8. The second kappa shape index (κ2) is 6.08. The number of nitrogens with two attached hydrogens (primary N) is 1. The Morgan fingerprint density at radius 2 is 2.29 bits per heavy atom. The standard InChI is InChI=1S/C13H15ClN4O3/c14-12-8(16)3-7(5-15)4-10(12)18-2-1-9(11(19)6-18)17-13(20)21/h3-4,9,11,17,19H,1-2,6,16H2,(H,20,21)/t9-,11-/m1/s1. The number of nitrogens with zero attached hydrogens (tertiary/aromatic N) is 2. The molecule has 7 nitrogen and oxygen atoms in total. The lowest BCUT2D eigenvalue weighted by atomic mass is 10.0. The number of nitrogen functional groups attached to an aromatic ring is 1. The van der Waals surface area contributed by atoms with Gasteiger partial charge in [0.25, 0.3) is 0 Å². The Bertz CT molecular complexity index is 602. The van der Waals surface area contributed by atoms with Crippen molar-refractivity contribution in [2.75, 3.05) is 23.7 Å². The fourth-order valence-electron chi connectivity index (χ4n) is 2.40. The Labute approximate surface area is 126 Å². The van der Waals surface area contributed by atoms with Crippen molar-refractivity contribution >= 4 is 29.1 Å². The highest BCUT2D eigenvalue weighted by atomic mass is 35.5. The number of aliphatic hydroxyl groups excluding tert-OH is 1. The number of rotatable bonds is 2. The van der Waals surface area contributed by atoms with Gasteiger partial charge in [-0.2, -0.15) is 5.26 Å². The minimum atomic E-state index is -1.17. The maximum Gasteiger partial charge on any atom is 0.404 e. The Morgan fingerprint density at radius 3 is 2.86 bits per heavy atom. The van der Waals surface area contributed by atoms with Gasteiger partial charge < -0.3 is 26.2 Å². The number of carbonyl (C=O) groups is 1. The molecular formula is C13H15ClN4O3. The third-order valence-electron chi connectivity index (χ3n) is 3.44. The van der Waals surface area contributed by atoms with Crippen molar-refractivity contribution in [1.82, 2.24) is 5.32 Å². The summed E-state index contributed by atoms with van der Waals surface area (Å²) < 4.78 is 0. The maximum atomic E-state index is 10.6. The number of nitrogens with one attached hydrogen (secondary N) is 1. The van der Waals surface area contributed by atoms with Gasteiger partial charge in [0.2, 0.25) is 0 Å². The van der Waals surface area contributed by atoms with Gasteiger partial charge in [0, 0.05) is 13.1 Å². The van der Waals surface area contributed by atoms with Crippen LogP contribution in [0.3, 0.4) is 0 Å². The van der Waals surface area contributed by atoms with Gasteiger partial charge in [-0.15, -0.1) is 0 Å². The van der Waals surface area contributed by atoms with E-state index in [1.807, 2.05) is 6.07 Å². The number of hydrogen-bond donors (Lipinski definition) is 4. The van der Waals surface area contributed by atoms with Crippen LogP contribution < -0.4 is 16.0 Å². The number of β-amino-alcohol motifs (C(OH)–C–C–N with tert-alkyl or cyclic N) is 1. The van der Waals surface area contributed by atoms with Crippen molar-refractivity contribution < 1.29 is 15.0 Å². The average molecular weight is 311 g/mol. The number of nitriles is 1. The summed E-state index contributed by atoms with van der Waals surface area (Å²) >= 11 is 6.16. The molecule has 2 rings (SSSR count). The van der Waals surface area contributed by atoms with Gasteiger partial charge in [-0.25, -0.2) is 4.79 Å². The van der Waals surface area contributed by atoms with E-state index in [9.17, 15) is 9.90 Å². The number of anilines is 2. The third-order valence-corrected chi connectivity index (χ3v) is 3.85. The average Bonchev–Trinajstić information content (AvgIpc) is 2.43. The SMILES string of the molecule is N#Cc1cc(N)c(Cl)c(N2CC[C@@H](NC(=O)O)[C@H](O)C2)c1. The highest BCUT2D eigenvalue weighted by Gasteiger charge is 2.30. The van der Waals surface area contributed by atoms with Crippen LogP contribution in [0.2, 0.25) is 5.02 Å². The maximum absolute atomic E-state index is 10.6. The zero-order chi connectivity index (χ0) is 15.6. The summed E-state index contributed by atoms with van der Waals surface area (Å²) in [6, 6.07) is 4.58. The van der Waals surface area contributed by atoms with Crippen LogP contribution in [0.1, 0.15) is 12.0 Å². The predicted molar refractivity (Wildman–Crippen MR) is 78.4 cm³/mol. The number of hydrogen-bond acceptors (Lipinski definition) is 5. The predicted octanol–water partition coefficient (Wildman–Crippen LogP) is 1.00. The van der Waals surface area contributed by atoms with Crippen LogP contribution in [0.25, 0.3) is 0 Å². The molecule has 1 aromatic carbocycles. The van der Waals surface area contributed by atoms with Crippen LogP contribution in [-0.2, 0) is 0 Å². The van der Waals surface area contributed by atoms with Crippen molar-refractivity contribution in [3.63, 3.8) is 0 Å². The van der Waals surface area contributed by atoms with Gasteiger partial charge in [-0.1, -0.05) is 11.6 Å². The molecule has 0 aliphatic carbocycles. The van der Waals surface area contributed by atoms with E-state index in [1.165, 1.54) is 6.07 Å². The van der Waals surface area contributed by atoms with Gasteiger partial charge in [0.1, 0.15) is 0 Å². The van der Waals surface area contributed by atoms with Crippen LogP contribution in [0.15, 0.2) is 12.1 Å². The van der Waals surface area contributed by atoms with E-state index in [0.29, 0.717) is 34.9 Å². The number of amides is 1. The van der Waals surface area contributed by atoms with Crippen molar-refractivity contribution in [2.24, 2.45) is 0 Å². The molecule has 0 unspecified atom stereocenters. The molecule has 112 valence electrons. The number of piperidine rings is 1. The molecule has 0 radical (unpaired) electrons.